The van der Waals surface area contributed by atoms with Crippen LogP contribution >= 0.6 is 7.87 Å². The topological polar surface area (TPSA) is 67.5 Å². The largest absolute Gasteiger partial charge is 0.345 e. The molecule has 0 spiro atoms. The summed E-state index contributed by atoms with van der Waals surface area (Å²) in [5.74, 6) is 0. The maximum absolute atomic E-state index is 9.93. The molecule has 0 aliphatic rings. The van der Waals surface area contributed by atoms with Gasteiger partial charge >= 0.3 is 7.87 Å². The van der Waals surface area contributed by atoms with Crippen LogP contribution < -0.4 is 0 Å². The molecule has 0 fully saturated rings. The Balaban J connectivity index is 4.57. The summed E-state index contributed by atoms with van der Waals surface area (Å²) in [5, 5.41) is 8.47. The molecule has 0 amide bonds. The highest BCUT2D eigenvalue weighted by Crippen LogP contribution is 2.58. The lowest BCUT2D eigenvalue weighted by Gasteiger charge is -2.30. The molecular weight excluding hydrogens is 199 g/mol. The van der Waals surface area contributed by atoms with Gasteiger partial charge in [-0.15, -0.1) is 4.67 Å². The Bertz CT molecular complexity index is 211. The van der Waals surface area contributed by atoms with Crippen molar-refractivity contribution in [2.24, 2.45) is 0 Å². The van der Waals surface area contributed by atoms with Crippen molar-refractivity contribution < 1.29 is 9.79 Å². The van der Waals surface area contributed by atoms with Crippen molar-refractivity contribution >= 4 is 7.87 Å². The molecule has 0 bridgehead atoms. The average molecular weight is 219 g/mol. The van der Waals surface area contributed by atoms with Gasteiger partial charge in [-0.1, -0.05) is 0 Å². The van der Waals surface area contributed by atoms with Gasteiger partial charge in [0.15, 0.2) is 0 Å². The van der Waals surface area contributed by atoms with Crippen molar-refractivity contribution in [3.05, 3.63) is 0 Å². The van der Waals surface area contributed by atoms with Crippen LogP contribution in [0.3, 0.4) is 0 Å². The number of hydrogen-bond donors (Lipinski definition) is 2. The fourth-order valence-electron chi connectivity index (χ4n) is 1.21. The van der Waals surface area contributed by atoms with E-state index in [2.05, 4.69) is 0 Å². The van der Waals surface area contributed by atoms with E-state index in [1.807, 2.05) is 19.9 Å². The molecule has 14 heavy (non-hydrogen) atoms. The lowest BCUT2D eigenvalue weighted by molar-refractivity contribution is 0.273. The molecule has 0 rings (SSSR count). The van der Waals surface area contributed by atoms with Gasteiger partial charge in [0.05, 0.1) is 19.0 Å². The Morgan fingerprint density at radius 1 is 1.29 bits per heavy atom. The number of hydrogen-bond acceptors (Lipinski definition) is 4. The molecule has 0 atom stereocenters. The normalized spacial score (nSPS) is 12.6. The lowest BCUT2D eigenvalue weighted by atomic mass is 10.3. The molecule has 0 unspecified atom stereocenters. The molecule has 0 aliphatic carbocycles. The SMILES string of the molecule is CC(C)N(CCC#N)[P+](O)(O)C(C)C. The van der Waals surface area contributed by atoms with Crippen molar-refractivity contribution in [2.75, 3.05) is 6.54 Å². The zero-order chi connectivity index (χ0) is 11.4. The van der Waals surface area contributed by atoms with Crippen LogP contribution in [0.15, 0.2) is 0 Å². The van der Waals surface area contributed by atoms with E-state index in [1.54, 1.807) is 18.5 Å². The van der Waals surface area contributed by atoms with Gasteiger partial charge in [0.1, 0.15) is 5.66 Å². The maximum atomic E-state index is 9.93. The summed E-state index contributed by atoms with van der Waals surface area (Å²) in [6.45, 7) is 7.81. The van der Waals surface area contributed by atoms with Crippen LogP contribution in [0.25, 0.3) is 0 Å². The minimum absolute atomic E-state index is 0.0501. The van der Waals surface area contributed by atoms with E-state index >= 15 is 0 Å². The van der Waals surface area contributed by atoms with Crippen LogP contribution in [0.1, 0.15) is 34.1 Å². The highest BCUT2D eigenvalue weighted by molar-refractivity contribution is 7.62. The van der Waals surface area contributed by atoms with E-state index in [0.717, 1.165) is 0 Å². The second-order valence-corrected chi connectivity index (χ2v) is 6.65. The zero-order valence-corrected chi connectivity index (χ0v) is 10.2. The second kappa shape index (κ2) is 5.63. The van der Waals surface area contributed by atoms with E-state index in [0.29, 0.717) is 13.0 Å². The summed E-state index contributed by atoms with van der Waals surface area (Å²) in [7, 11) is -3.03. The Morgan fingerprint density at radius 3 is 2.07 bits per heavy atom. The van der Waals surface area contributed by atoms with Crippen molar-refractivity contribution in [3.63, 3.8) is 0 Å². The molecule has 4 nitrogen and oxygen atoms in total. The molecule has 0 saturated carbocycles. The van der Waals surface area contributed by atoms with E-state index in [4.69, 9.17) is 5.26 Å². The van der Waals surface area contributed by atoms with Gasteiger partial charge in [-0.05, 0) is 27.7 Å². The lowest BCUT2D eigenvalue weighted by Crippen LogP contribution is -2.34. The fraction of sp³-hybridized carbons (Fsp3) is 0.889. The van der Waals surface area contributed by atoms with Crippen LogP contribution in [0.5, 0.6) is 0 Å². The van der Waals surface area contributed by atoms with Crippen LogP contribution in [-0.2, 0) is 0 Å². The van der Waals surface area contributed by atoms with Crippen molar-refractivity contribution in [2.45, 2.75) is 45.8 Å². The predicted octanol–water partition coefficient (Wildman–Crippen LogP) is 1.77. The van der Waals surface area contributed by atoms with Gasteiger partial charge in [0, 0.05) is 6.04 Å². The third-order valence-corrected chi connectivity index (χ3v) is 4.92. The minimum atomic E-state index is -3.03. The molecule has 5 heteroatoms. The third kappa shape index (κ3) is 3.51. The van der Waals surface area contributed by atoms with Crippen molar-refractivity contribution in [3.8, 4) is 6.07 Å². The highest BCUT2D eigenvalue weighted by Gasteiger charge is 2.46. The van der Waals surface area contributed by atoms with E-state index < -0.39 is 7.87 Å². The summed E-state index contributed by atoms with van der Waals surface area (Å²) in [6, 6.07) is 2.07. The van der Waals surface area contributed by atoms with Crippen LogP contribution in [0, 0.1) is 11.3 Å². The molecule has 0 saturated heterocycles. The second-order valence-electron chi connectivity index (χ2n) is 3.87. The minimum Gasteiger partial charge on any atom is -0.201 e. The smallest absolute Gasteiger partial charge is 0.201 e. The maximum Gasteiger partial charge on any atom is 0.345 e. The van der Waals surface area contributed by atoms with Crippen molar-refractivity contribution in [1.82, 2.24) is 4.67 Å². The Morgan fingerprint density at radius 2 is 1.79 bits per heavy atom. The molecule has 82 valence electrons. The molecule has 0 heterocycles. The van der Waals surface area contributed by atoms with Gasteiger partial charge in [-0.3, -0.25) is 0 Å². The summed E-state index contributed by atoms with van der Waals surface area (Å²) in [4.78, 5) is 19.9. The molecule has 2 N–H and O–H groups in total. The molecule has 0 aromatic heterocycles. The predicted molar refractivity (Wildman–Crippen MR) is 58.6 cm³/mol. The molecule has 0 radical (unpaired) electrons. The zero-order valence-electron chi connectivity index (χ0n) is 9.30. The first-order chi connectivity index (χ1) is 6.34. The van der Waals surface area contributed by atoms with Crippen LogP contribution in [0.4, 0.5) is 0 Å². The first kappa shape index (κ1) is 13.8. The van der Waals surface area contributed by atoms with Gasteiger partial charge in [0.25, 0.3) is 0 Å². The molecule has 0 aromatic carbocycles. The van der Waals surface area contributed by atoms with Gasteiger partial charge < -0.3 is 0 Å². The Kier molecular flexibility index (Phi) is 5.54. The molecule has 0 aromatic rings. The average Bonchev–Trinajstić information content (AvgIpc) is 2.03. The van der Waals surface area contributed by atoms with Gasteiger partial charge in [-0.25, -0.2) is 9.79 Å². The third-order valence-electron chi connectivity index (χ3n) is 2.12. The van der Waals surface area contributed by atoms with Crippen LogP contribution in [-0.4, -0.2) is 32.7 Å². The Hall–Kier alpha value is -0.200. The number of nitrogens with zero attached hydrogens (tertiary/aromatic N) is 2. The van der Waals surface area contributed by atoms with Gasteiger partial charge in [0.2, 0.25) is 0 Å². The highest BCUT2D eigenvalue weighted by atomic mass is 31.2. The summed E-state index contributed by atoms with van der Waals surface area (Å²) >= 11 is 0. The van der Waals surface area contributed by atoms with Crippen LogP contribution in [0.2, 0.25) is 0 Å². The molecular formula is C9H20N2O2P+. The van der Waals surface area contributed by atoms with E-state index in [9.17, 15) is 9.79 Å². The fourth-order valence-corrected chi connectivity index (χ4v) is 2.87. The molecule has 0 aliphatic heterocycles. The summed E-state index contributed by atoms with van der Waals surface area (Å²) in [6.07, 6.45) is 0.327. The first-order valence-electron chi connectivity index (χ1n) is 4.82. The monoisotopic (exact) mass is 219 g/mol. The van der Waals surface area contributed by atoms with Crippen molar-refractivity contribution in [1.29, 1.82) is 5.26 Å². The quantitative estimate of drug-likeness (QED) is 0.691. The van der Waals surface area contributed by atoms with E-state index in [-0.39, 0.29) is 11.7 Å². The standard InChI is InChI=1S/C9H20N2O2P/c1-8(2)11(7-5-6-10)14(12,13)9(3)4/h8-9,12-13H,5,7H2,1-4H3/q+1. The van der Waals surface area contributed by atoms with E-state index in [1.165, 1.54) is 0 Å². The summed E-state index contributed by atoms with van der Waals surface area (Å²) < 4.78 is 1.64. The number of rotatable bonds is 5. The summed E-state index contributed by atoms with van der Waals surface area (Å²) in [5.41, 5.74) is -0.177. The first-order valence-corrected chi connectivity index (χ1v) is 6.54. The number of nitriles is 1. The van der Waals surface area contributed by atoms with Gasteiger partial charge in [-0.2, -0.15) is 5.26 Å². The Labute approximate surface area is 86.7 Å².